The Hall–Kier alpha value is -2.96. The summed E-state index contributed by atoms with van der Waals surface area (Å²) >= 11 is 0. The zero-order chi connectivity index (χ0) is 15.1. The molecule has 1 amide bonds. The van der Waals surface area contributed by atoms with Crippen LogP contribution in [-0.2, 0) is 0 Å². The van der Waals surface area contributed by atoms with Crippen molar-refractivity contribution in [3.05, 3.63) is 48.0 Å². The minimum Gasteiger partial charge on any atom is -0.493 e. The minimum absolute atomic E-state index is 0.196. The van der Waals surface area contributed by atoms with Crippen LogP contribution in [0.2, 0.25) is 0 Å². The molecule has 0 aliphatic heterocycles. The van der Waals surface area contributed by atoms with E-state index in [1.807, 2.05) is 0 Å². The van der Waals surface area contributed by atoms with Crippen molar-refractivity contribution >= 4 is 12.1 Å². The van der Waals surface area contributed by atoms with E-state index in [0.717, 1.165) is 5.56 Å². The Labute approximate surface area is 121 Å². The summed E-state index contributed by atoms with van der Waals surface area (Å²) in [6.45, 7) is 0. The SMILES string of the molecule is COc1ccc(C=NNC(=O)c2cnccn2)cc1OC. The van der Waals surface area contributed by atoms with Crippen molar-refractivity contribution in [2.24, 2.45) is 5.10 Å². The summed E-state index contributed by atoms with van der Waals surface area (Å²) < 4.78 is 10.3. The molecule has 0 radical (unpaired) electrons. The number of nitrogens with one attached hydrogen (secondary N) is 1. The van der Waals surface area contributed by atoms with Gasteiger partial charge in [-0.2, -0.15) is 5.10 Å². The van der Waals surface area contributed by atoms with E-state index < -0.39 is 5.91 Å². The molecule has 1 N–H and O–H groups in total. The van der Waals surface area contributed by atoms with Crippen LogP contribution in [0.25, 0.3) is 0 Å². The van der Waals surface area contributed by atoms with E-state index in [1.54, 1.807) is 32.4 Å². The lowest BCUT2D eigenvalue weighted by molar-refractivity contribution is 0.0949. The summed E-state index contributed by atoms with van der Waals surface area (Å²) in [4.78, 5) is 19.4. The van der Waals surface area contributed by atoms with Crippen LogP contribution in [-0.4, -0.2) is 36.3 Å². The number of carbonyl (C=O) groups is 1. The molecule has 7 nitrogen and oxygen atoms in total. The molecule has 0 fully saturated rings. The van der Waals surface area contributed by atoms with Crippen LogP contribution in [0.5, 0.6) is 11.5 Å². The highest BCUT2D eigenvalue weighted by Crippen LogP contribution is 2.26. The van der Waals surface area contributed by atoms with Crippen LogP contribution < -0.4 is 14.9 Å². The standard InChI is InChI=1S/C14H14N4O3/c1-20-12-4-3-10(7-13(12)21-2)8-17-18-14(19)11-9-15-5-6-16-11/h3-9H,1-2H3,(H,18,19). The molecule has 2 aromatic rings. The number of hydrazone groups is 1. The number of amides is 1. The molecule has 21 heavy (non-hydrogen) atoms. The number of carbonyl (C=O) groups excluding carboxylic acids is 1. The molecule has 0 atom stereocenters. The molecule has 0 unspecified atom stereocenters. The van der Waals surface area contributed by atoms with E-state index in [9.17, 15) is 4.79 Å². The van der Waals surface area contributed by atoms with Crippen LogP contribution in [0.15, 0.2) is 41.9 Å². The van der Waals surface area contributed by atoms with Crippen LogP contribution in [0.3, 0.4) is 0 Å². The number of rotatable bonds is 5. The molecule has 1 aromatic carbocycles. The lowest BCUT2D eigenvalue weighted by atomic mass is 10.2. The molecule has 0 bridgehead atoms. The first-order chi connectivity index (χ1) is 10.2. The molecule has 7 heteroatoms. The first kappa shape index (κ1) is 14.4. The van der Waals surface area contributed by atoms with E-state index in [2.05, 4.69) is 20.5 Å². The molecule has 0 spiro atoms. The van der Waals surface area contributed by atoms with Crippen molar-refractivity contribution in [3.63, 3.8) is 0 Å². The average Bonchev–Trinajstić information content (AvgIpc) is 2.55. The Kier molecular flexibility index (Phi) is 4.81. The van der Waals surface area contributed by atoms with E-state index in [4.69, 9.17) is 9.47 Å². The third-order valence-electron chi connectivity index (χ3n) is 2.58. The van der Waals surface area contributed by atoms with E-state index in [-0.39, 0.29) is 5.69 Å². The van der Waals surface area contributed by atoms with Gasteiger partial charge in [-0.1, -0.05) is 0 Å². The fraction of sp³-hybridized carbons (Fsp3) is 0.143. The molecule has 2 rings (SSSR count). The van der Waals surface area contributed by atoms with Gasteiger partial charge in [0.15, 0.2) is 11.5 Å². The Morgan fingerprint density at radius 2 is 2.05 bits per heavy atom. The predicted molar refractivity (Wildman–Crippen MR) is 76.6 cm³/mol. The highest BCUT2D eigenvalue weighted by molar-refractivity contribution is 5.92. The largest absolute Gasteiger partial charge is 0.493 e. The van der Waals surface area contributed by atoms with Crippen LogP contribution in [0.4, 0.5) is 0 Å². The highest BCUT2D eigenvalue weighted by atomic mass is 16.5. The average molecular weight is 286 g/mol. The van der Waals surface area contributed by atoms with Gasteiger partial charge in [-0.3, -0.25) is 9.78 Å². The molecule has 1 heterocycles. The van der Waals surface area contributed by atoms with E-state index in [0.29, 0.717) is 11.5 Å². The third-order valence-corrected chi connectivity index (χ3v) is 2.58. The van der Waals surface area contributed by atoms with Gasteiger partial charge in [0, 0.05) is 12.4 Å². The number of ether oxygens (including phenoxy) is 2. The third kappa shape index (κ3) is 3.75. The molecular formula is C14H14N4O3. The fourth-order valence-corrected chi connectivity index (χ4v) is 1.57. The monoisotopic (exact) mass is 286 g/mol. The predicted octanol–water partition coefficient (Wildman–Crippen LogP) is 1.26. The maximum atomic E-state index is 11.7. The minimum atomic E-state index is -0.431. The summed E-state index contributed by atoms with van der Waals surface area (Å²) in [5, 5.41) is 3.86. The molecule has 0 saturated heterocycles. The Morgan fingerprint density at radius 1 is 1.24 bits per heavy atom. The second-order valence-electron chi connectivity index (χ2n) is 3.90. The quantitative estimate of drug-likeness (QED) is 0.660. The normalized spacial score (nSPS) is 10.4. The fourth-order valence-electron chi connectivity index (χ4n) is 1.57. The van der Waals surface area contributed by atoms with Gasteiger partial charge in [0.05, 0.1) is 26.6 Å². The van der Waals surface area contributed by atoms with Crippen molar-refractivity contribution in [2.45, 2.75) is 0 Å². The summed E-state index contributed by atoms with van der Waals surface area (Å²) in [5.41, 5.74) is 3.32. The van der Waals surface area contributed by atoms with Crippen LogP contribution in [0.1, 0.15) is 16.1 Å². The lowest BCUT2D eigenvalue weighted by Gasteiger charge is -2.07. The van der Waals surface area contributed by atoms with Gasteiger partial charge in [0.25, 0.3) is 5.91 Å². The number of aromatic nitrogens is 2. The number of hydrogen-bond donors (Lipinski definition) is 1. The summed E-state index contributed by atoms with van der Waals surface area (Å²) in [5.74, 6) is 0.778. The Balaban J connectivity index is 2.03. The maximum absolute atomic E-state index is 11.7. The van der Waals surface area contributed by atoms with Crippen molar-refractivity contribution in [1.82, 2.24) is 15.4 Å². The van der Waals surface area contributed by atoms with Gasteiger partial charge in [0.1, 0.15) is 5.69 Å². The van der Waals surface area contributed by atoms with Gasteiger partial charge in [0.2, 0.25) is 0 Å². The maximum Gasteiger partial charge on any atom is 0.291 e. The van der Waals surface area contributed by atoms with Crippen LogP contribution in [0, 0.1) is 0 Å². The number of hydrogen-bond acceptors (Lipinski definition) is 6. The molecule has 0 aliphatic carbocycles. The van der Waals surface area contributed by atoms with Gasteiger partial charge in [-0.25, -0.2) is 10.4 Å². The van der Waals surface area contributed by atoms with E-state index >= 15 is 0 Å². The van der Waals surface area contributed by atoms with E-state index in [1.165, 1.54) is 24.8 Å². The highest BCUT2D eigenvalue weighted by Gasteiger charge is 2.05. The first-order valence-corrected chi connectivity index (χ1v) is 6.06. The zero-order valence-corrected chi connectivity index (χ0v) is 11.6. The first-order valence-electron chi connectivity index (χ1n) is 6.06. The zero-order valence-electron chi connectivity index (χ0n) is 11.6. The topological polar surface area (TPSA) is 85.7 Å². The lowest BCUT2D eigenvalue weighted by Crippen LogP contribution is -2.19. The number of methoxy groups -OCH3 is 2. The van der Waals surface area contributed by atoms with Gasteiger partial charge >= 0.3 is 0 Å². The summed E-state index contributed by atoms with van der Waals surface area (Å²) in [6, 6.07) is 5.29. The van der Waals surface area contributed by atoms with Crippen molar-refractivity contribution in [3.8, 4) is 11.5 Å². The molecule has 0 aliphatic rings. The molecular weight excluding hydrogens is 272 g/mol. The van der Waals surface area contributed by atoms with Crippen molar-refractivity contribution < 1.29 is 14.3 Å². The van der Waals surface area contributed by atoms with Crippen molar-refractivity contribution in [2.75, 3.05) is 14.2 Å². The van der Waals surface area contributed by atoms with Gasteiger partial charge < -0.3 is 9.47 Å². The molecule has 0 saturated carbocycles. The second kappa shape index (κ2) is 6.99. The van der Waals surface area contributed by atoms with Crippen LogP contribution >= 0.6 is 0 Å². The number of nitrogens with zero attached hydrogens (tertiary/aromatic N) is 3. The van der Waals surface area contributed by atoms with Gasteiger partial charge in [-0.15, -0.1) is 0 Å². The number of benzene rings is 1. The summed E-state index contributed by atoms with van der Waals surface area (Å²) in [7, 11) is 3.11. The van der Waals surface area contributed by atoms with Crippen molar-refractivity contribution in [1.29, 1.82) is 0 Å². The Bertz CT molecular complexity index is 644. The smallest absolute Gasteiger partial charge is 0.291 e. The molecule has 108 valence electrons. The molecule has 1 aromatic heterocycles. The second-order valence-corrected chi connectivity index (χ2v) is 3.90. The van der Waals surface area contributed by atoms with Gasteiger partial charge in [-0.05, 0) is 23.8 Å². The summed E-state index contributed by atoms with van der Waals surface area (Å²) in [6.07, 6.45) is 5.79. The Morgan fingerprint density at radius 3 is 2.71 bits per heavy atom.